The Morgan fingerprint density at radius 1 is 0.909 bits per heavy atom. The SMILES string of the molecule is C=C(CO[Si](c1ccccc1)(c1ccccc1)C(C)(C)C)C[C@H]1C(=O)C[C@@H](O[Si](C)(C)C(C)(C)C)[C@@H]1[C@]12OC3(C)O[C@H]([C@H]1OC(C)=O)[C@](C(=C)C)(C[C@H]2C)O3. The van der Waals surface area contributed by atoms with Crippen LogP contribution in [0.15, 0.2) is 85.0 Å². The van der Waals surface area contributed by atoms with Gasteiger partial charge in [0.15, 0.2) is 14.4 Å². The van der Waals surface area contributed by atoms with Crippen molar-refractivity contribution in [1.29, 1.82) is 0 Å². The normalized spacial score (nSPS) is 33.5. The van der Waals surface area contributed by atoms with E-state index in [-0.39, 0.29) is 34.8 Å². The third kappa shape index (κ3) is 6.91. The third-order valence-electron chi connectivity index (χ3n) is 13.5. The molecule has 6 rings (SSSR count). The van der Waals surface area contributed by atoms with Gasteiger partial charge in [0.2, 0.25) is 0 Å². The van der Waals surface area contributed by atoms with Crippen molar-refractivity contribution in [3.05, 3.63) is 85.0 Å². The second kappa shape index (κ2) is 14.3. The van der Waals surface area contributed by atoms with Crippen LogP contribution in [0.2, 0.25) is 23.2 Å². The van der Waals surface area contributed by atoms with Crippen molar-refractivity contribution in [1.82, 2.24) is 0 Å². The molecule has 0 N–H and O–H groups in total. The molecule has 8 nitrogen and oxygen atoms in total. The first-order valence-electron chi connectivity index (χ1n) is 20.0. The average Bonchev–Trinajstić information content (AvgIpc) is 3.48. The molecule has 0 spiro atoms. The second-order valence-electron chi connectivity index (χ2n) is 19.4. The van der Waals surface area contributed by atoms with Gasteiger partial charge in [-0.25, -0.2) is 0 Å². The van der Waals surface area contributed by atoms with E-state index in [1.165, 1.54) is 17.3 Å². The number of Topliss-reactive ketones (excluding diaryl/α,β-unsaturated/α-hetero) is 1. The highest BCUT2D eigenvalue weighted by Gasteiger charge is 2.79. The van der Waals surface area contributed by atoms with E-state index in [0.29, 0.717) is 12.8 Å². The Kier molecular flexibility index (Phi) is 10.9. The predicted octanol–water partition coefficient (Wildman–Crippen LogP) is 8.25. The van der Waals surface area contributed by atoms with Crippen molar-refractivity contribution in [2.24, 2.45) is 17.8 Å². The van der Waals surface area contributed by atoms with Gasteiger partial charge in [0, 0.05) is 32.1 Å². The number of rotatable bonds is 12. The Morgan fingerprint density at radius 3 is 1.96 bits per heavy atom. The zero-order chi connectivity index (χ0) is 40.6. The fraction of sp³-hybridized carbons (Fsp3) is 0.600. The number of ether oxygens (including phenoxy) is 4. The summed E-state index contributed by atoms with van der Waals surface area (Å²) in [7, 11) is -5.31. The summed E-state index contributed by atoms with van der Waals surface area (Å²) in [6.07, 6.45) is -0.894. The standard InChI is InChI=1S/C45H64O8Si2/c1-29(2)44-27-31(4)45(40(49-32(5)46)39(44)50-43(12,52-44)53-45)38-35(36(47)26-37(38)51-54(13,14)41(6,7)8)25-30(3)28-48-55(42(9,10)11,33-21-17-15-18-22-33)34-23-19-16-20-24-34/h15-24,31,35,37-40H,1,3,25-28H2,2,4-14H3/t31-,35+,37-,38-,39-,40-,43?,44-,45+/m1/s1. The van der Waals surface area contributed by atoms with E-state index in [9.17, 15) is 9.59 Å². The topological polar surface area (TPSA) is 89.5 Å². The summed E-state index contributed by atoms with van der Waals surface area (Å²) in [6, 6.07) is 21.1. The van der Waals surface area contributed by atoms with Crippen molar-refractivity contribution in [2.75, 3.05) is 6.61 Å². The number of carbonyl (C=O) groups is 2. The first kappa shape index (κ1) is 41.9. The number of fused-ring (bicyclic) bond motifs is 2. The molecule has 2 aromatic carbocycles. The Hall–Kier alpha value is -2.71. The van der Waals surface area contributed by atoms with Crippen molar-refractivity contribution < 1.29 is 37.4 Å². The number of hydrogen-bond acceptors (Lipinski definition) is 8. The molecule has 2 heterocycles. The summed E-state index contributed by atoms with van der Waals surface area (Å²) < 4.78 is 41.3. The molecule has 0 amide bonds. The fourth-order valence-corrected chi connectivity index (χ4v) is 16.0. The van der Waals surface area contributed by atoms with E-state index in [4.69, 9.17) is 27.8 Å². The molecule has 2 aliphatic carbocycles. The zero-order valence-electron chi connectivity index (χ0n) is 35.2. The van der Waals surface area contributed by atoms with Gasteiger partial charge in [-0.2, -0.15) is 0 Å². The van der Waals surface area contributed by atoms with Crippen molar-refractivity contribution in [3.63, 3.8) is 0 Å². The van der Waals surface area contributed by atoms with Gasteiger partial charge in [0.1, 0.15) is 23.1 Å². The minimum atomic E-state index is -2.88. The molecule has 55 heavy (non-hydrogen) atoms. The number of carbonyl (C=O) groups excluding carboxylic acids is 2. The predicted molar refractivity (Wildman–Crippen MR) is 221 cm³/mol. The lowest BCUT2D eigenvalue weighted by Crippen LogP contribution is -2.74. The first-order chi connectivity index (χ1) is 25.4. The number of benzene rings is 2. The Morgan fingerprint density at radius 2 is 1.47 bits per heavy atom. The van der Waals surface area contributed by atoms with Crippen LogP contribution in [0.4, 0.5) is 0 Å². The molecule has 2 aliphatic heterocycles. The smallest absolute Gasteiger partial charge is 0.303 e. The van der Waals surface area contributed by atoms with Crippen LogP contribution in [0.3, 0.4) is 0 Å². The molecule has 0 aromatic heterocycles. The van der Waals surface area contributed by atoms with E-state index < -0.39 is 69.9 Å². The minimum absolute atomic E-state index is 0.0914. The Bertz CT molecular complexity index is 1760. The Labute approximate surface area is 331 Å². The van der Waals surface area contributed by atoms with E-state index in [1.54, 1.807) is 6.92 Å². The average molecular weight is 789 g/mol. The first-order valence-corrected chi connectivity index (χ1v) is 24.8. The van der Waals surface area contributed by atoms with Crippen LogP contribution in [-0.2, 0) is 37.4 Å². The summed E-state index contributed by atoms with van der Waals surface area (Å²) >= 11 is 0. The maximum absolute atomic E-state index is 14.7. The van der Waals surface area contributed by atoms with Crippen molar-refractivity contribution in [3.8, 4) is 0 Å². The molecule has 2 saturated heterocycles. The maximum Gasteiger partial charge on any atom is 0.303 e. The van der Waals surface area contributed by atoms with Crippen LogP contribution in [0.5, 0.6) is 0 Å². The van der Waals surface area contributed by atoms with Crippen LogP contribution in [0.25, 0.3) is 0 Å². The summed E-state index contributed by atoms with van der Waals surface area (Å²) in [6.45, 7) is 34.3. The van der Waals surface area contributed by atoms with E-state index in [2.05, 4.69) is 123 Å². The monoisotopic (exact) mass is 788 g/mol. The van der Waals surface area contributed by atoms with E-state index in [1.807, 2.05) is 19.1 Å². The van der Waals surface area contributed by atoms with Crippen LogP contribution in [0, 0.1) is 17.8 Å². The molecule has 2 aromatic rings. The van der Waals surface area contributed by atoms with E-state index in [0.717, 1.165) is 11.1 Å². The zero-order valence-corrected chi connectivity index (χ0v) is 37.2. The van der Waals surface area contributed by atoms with Gasteiger partial charge in [-0.1, -0.05) is 128 Å². The van der Waals surface area contributed by atoms with Gasteiger partial charge in [-0.05, 0) is 64.8 Å². The molecule has 9 atom stereocenters. The number of ketones is 1. The van der Waals surface area contributed by atoms with Gasteiger partial charge in [-0.15, -0.1) is 0 Å². The van der Waals surface area contributed by atoms with Crippen LogP contribution >= 0.6 is 0 Å². The summed E-state index contributed by atoms with van der Waals surface area (Å²) in [4.78, 5) is 27.7. The molecule has 1 unspecified atom stereocenters. The maximum atomic E-state index is 14.7. The largest absolute Gasteiger partial charge is 0.457 e. The molecule has 4 aliphatic rings. The minimum Gasteiger partial charge on any atom is -0.457 e. The highest BCUT2D eigenvalue weighted by molar-refractivity contribution is 6.99. The Balaban J connectivity index is 1.43. The summed E-state index contributed by atoms with van der Waals surface area (Å²) in [5, 5.41) is 2.02. The molecular formula is C45H64O8Si2. The summed E-state index contributed by atoms with van der Waals surface area (Å²) in [5.41, 5.74) is -0.481. The molecular weight excluding hydrogens is 725 g/mol. The summed E-state index contributed by atoms with van der Waals surface area (Å²) in [5.74, 6) is -3.05. The fourth-order valence-electron chi connectivity index (χ4n) is 10.1. The lowest BCUT2D eigenvalue weighted by molar-refractivity contribution is -0.426. The number of hydrogen-bond donors (Lipinski definition) is 0. The van der Waals surface area contributed by atoms with Crippen LogP contribution in [0.1, 0.15) is 88.5 Å². The van der Waals surface area contributed by atoms with E-state index >= 15 is 0 Å². The van der Waals surface area contributed by atoms with Gasteiger partial charge in [0.25, 0.3) is 14.3 Å². The van der Waals surface area contributed by atoms with Crippen molar-refractivity contribution in [2.45, 2.75) is 147 Å². The molecule has 300 valence electrons. The lowest BCUT2D eigenvalue weighted by atomic mass is 9.57. The van der Waals surface area contributed by atoms with Crippen LogP contribution < -0.4 is 10.4 Å². The molecule has 0 radical (unpaired) electrons. The molecule has 10 heteroatoms. The highest BCUT2D eigenvalue weighted by Crippen LogP contribution is 2.65. The molecule has 3 bridgehead atoms. The van der Waals surface area contributed by atoms with Crippen molar-refractivity contribution >= 4 is 38.8 Å². The number of esters is 1. The van der Waals surface area contributed by atoms with Gasteiger partial charge in [-0.3, -0.25) is 9.59 Å². The highest BCUT2D eigenvalue weighted by atomic mass is 28.4. The quantitative estimate of drug-likeness (QED) is 0.121. The van der Waals surface area contributed by atoms with Gasteiger partial charge >= 0.3 is 5.97 Å². The van der Waals surface area contributed by atoms with Gasteiger partial charge < -0.3 is 27.8 Å². The van der Waals surface area contributed by atoms with Gasteiger partial charge in [0.05, 0.1) is 12.7 Å². The van der Waals surface area contributed by atoms with Crippen LogP contribution in [-0.4, -0.2) is 70.5 Å². The lowest BCUT2D eigenvalue weighted by Gasteiger charge is -2.59. The second-order valence-corrected chi connectivity index (χ2v) is 28.5. The molecule has 4 fully saturated rings. The molecule has 2 saturated carbocycles. The third-order valence-corrected chi connectivity index (χ3v) is 23.0.